The summed E-state index contributed by atoms with van der Waals surface area (Å²) in [5.74, 6) is -0.227. The number of anilines is 1. The minimum Gasteiger partial charge on any atom is -0.316 e. The van der Waals surface area contributed by atoms with E-state index in [9.17, 15) is 12.8 Å². The zero-order valence-electron chi connectivity index (χ0n) is 9.34. The zero-order chi connectivity index (χ0) is 12.9. The SMILES string of the molecule is N=C1SC2CS(=O)(=O)CC2N1c1cccc(F)c1. The predicted octanol–water partition coefficient (Wildman–Crippen LogP) is 1.48. The van der Waals surface area contributed by atoms with Gasteiger partial charge in [-0.05, 0) is 18.2 Å². The van der Waals surface area contributed by atoms with Crippen LogP contribution in [0.25, 0.3) is 0 Å². The van der Waals surface area contributed by atoms with Gasteiger partial charge < -0.3 is 4.90 Å². The van der Waals surface area contributed by atoms with Gasteiger partial charge in [0.25, 0.3) is 0 Å². The molecule has 0 radical (unpaired) electrons. The van der Waals surface area contributed by atoms with Crippen LogP contribution in [-0.4, -0.2) is 36.4 Å². The van der Waals surface area contributed by atoms with Crippen molar-refractivity contribution < 1.29 is 12.8 Å². The first kappa shape index (κ1) is 12.0. The molecule has 2 aliphatic heterocycles. The molecular weight excluding hydrogens is 275 g/mol. The van der Waals surface area contributed by atoms with Gasteiger partial charge in [-0.2, -0.15) is 0 Å². The summed E-state index contributed by atoms with van der Waals surface area (Å²) in [5.41, 5.74) is 0.553. The standard InChI is InChI=1S/C11H11FN2O2S2/c12-7-2-1-3-8(4-7)14-9-5-18(15,16)6-10(9)17-11(14)13/h1-4,9-10,13H,5-6H2. The van der Waals surface area contributed by atoms with Gasteiger partial charge in [-0.1, -0.05) is 17.8 Å². The molecule has 1 aromatic carbocycles. The van der Waals surface area contributed by atoms with Crippen LogP contribution in [0.4, 0.5) is 10.1 Å². The number of benzene rings is 1. The molecule has 0 spiro atoms. The smallest absolute Gasteiger partial charge is 0.161 e. The van der Waals surface area contributed by atoms with Crippen LogP contribution in [-0.2, 0) is 9.84 Å². The van der Waals surface area contributed by atoms with E-state index in [1.54, 1.807) is 17.0 Å². The molecule has 2 unspecified atom stereocenters. The third kappa shape index (κ3) is 1.91. The van der Waals surface area contributed by atoms with E-state index in [2.05, 4.69) is 0 Å². The van der Waals surface area contributed by atoms with Crippen molar-refractivity contribution in [3.05, 3.63) is 30.1 Å². The molecule has 96 valence electrons. The number of nitrogens with one attached hydrogen (secondary N) is 1. The maximum Gasteiger partial charge on any atom is 0.161 e. The van der Waals surface area contributed by atoms with Crippen molar-refractivity contribution in [2.24, 2.45) is 0 Å². The lowest BCUT2D eigenvalue weighted by atomic mass is 10.2. The summed E-state index contributed by atoms with van der Waals surface area (Å²) in [4.78, 5) is 1.63. The number of rotatable bonds is 1. The first-order chi connectivity index (χ1) is 8.46. The number of hydrogen-bond donors (Lipinski definition) is 1. The minimum atomic E-state index is -3.03. The third-order valence-corrected chi connectivity index (χ3v) is 6.30. The Morgan fingerprint density at radius 3 is 2.89 bits per heavy atom. The van der Waals surface area contributed by atoms with Crippen molar-refractivity contribution in [2.45, 2.75) is 11.3 Å². The summed E-state index contributed by atoms with van der Waals surface area (Å²) in [6, 6.07) is 5.70. The third-order valence-electron chi connectivity index (χ3n) is 3.17. The van der Waals surface area contributed by atoms with Crippen molar-refractivity contribution in [3.8, 4) is 0 Å². The van der Waals surface area contributed by atoms with Gasteiger partial charge in [-0.3, -0.25) is 5.41 Å². The highest BCUT2D eigenvalue weighted by atomic mass is 32.2. The first-order valence-electron chi connectivity index (χ1n) is 5.47. The van der Waals surface area contributed by atoms with Gasteiger partial charge in [0.15, 0.2) is 15.0 Å². The highest BCUT2D eigenvalue weighted by molar-refractivity contribution is 8.15. The summed E-state index contributed by atoms with van der Waals surface area (Å²) in [5, 5.41) is 8.10. The molecular formula is C11H11FN2O2S2. The molecule has 18 heavy (non-hydrogen) atoms. The molecule has 2 fully saturated rings. The second kappa shape index (κ2) is 3.96. The second-order valence-electron chi connectivity index (χ2n) is 4.46. The second-order valence-corrected chi connectivity index (χ2v) is 7.84. The van der Waals surface area contributed by atoms with Crippen LogP contribution in [0.15, 0.2) is 24.3 Å². The number of thioether (sulfide) groups is 1. The zero-order valence-corrected chi connectivity index (χ0v) is 11.0. The largest absolute Gasteiger partial charge is 0.316 e. The summed E-state index contributed by atoms with van der Waals surface area (Å²) in [7, 11) is -3.03. The number of hydrogen-bond acceptors (Lipinski definition) is 4. The quantitative estimate of drug-likeness (QED) is 0.849. The van der Waals surface area contributed by atoms with E-state index in [1.165, 1.54) is 23.9 Å². The van der Waals surface area contributed by atoms with E-state index in [0.29, 0.717) is 10.9 Å². The molecule has 0 aliphatic carbocycles. The Labute approximate surface area is 109 Å². The Morgan fingerprint density at radius 2 is 2.17 bits per heavy atom. The Bertz CT molecular complexity index is 617. The van der Waals surface area contributed by atoms with Crippen LogP contribution in [0.1, 0.15) is 0 Å². The van der Waals surface area contributed by atoms with E-state index in [0.717, 1.165) is 0 Å². The normalized spacial score (nSPS) is 29.6. The highest BCUT2D eigenvalue weighted by Gasteiger charge is 2.48. The molecule has 0 aromatic heterocycles. The van der Waals surface area contributed by atoms with Gasteiger partial charge >= 0.3 is 0 Å². The number of halogens is 1. The van der Waals surface area contributed by atoms with E-state index in [-0.39, 0.29) is 28.6 Å². The summed E-state index contributed by atoms with van der Waals surface area (Å²) in [6.45, 7) is 0. The fourth-order valence-corrected chi connectivity index (χ4v) is 6.23. The van der Waals surface area contributed by atoms with Crippen molar-refractivity contribution in [3.63, 3.8) is 0 Å². The molecule has 0 saturated carbocycles. The molecule has 1 N–H and O–H groups in total. The lowest BCUT2D eigenvalue weighted by Gasteiger charge is -2.23. The molecule has 2 atom stereocenters. The Balaban J connectivity index is 1.99. The van der Waals surface area contributed by atoms with E-state index < -0.39 is 9.84 Å². The molecule has 2 saturated heterocycles. The molecule has 2 aliphatic rings. The lowest BCUT2D eigenvalue weighted by Crippen LogP contribution is -2.37. The van der Waals surface area contributed by atoms with Crippen LogP contribution < -0.4 is 4.90 Å². The molecule has 7 heteroatoms. The molecule has 0 amide bonds. The maximum absolute atomic E-state index is 13.2. The number of sulfone groups is 1. The van der Waals surface area contributed by atoms with Crippen LogP contribution in [0, 0.1) is 11.2 Å². The van der Waals surface area contributed by atoms with Gasteiger partial charge in [-0.15, -0.1) is 0 Å². The van der Waals surface area contributed by atoms with Crippen molar-refractivity contribution in [1.29, 1.82) is 5.41 Å². The maximum atomic E-state index is 13.2. The van der Waals surface area contributed by atoms with Gasteiger partial charge in [-0.25, -0.2) is 12.8 Å². The van der Waals surface area contributed by atoms with Crippen LogP contribution in [0.5, 0.6) is 0 Å². The van der Waals surface area contributed by atoms with Crippen LogP contribution in [0.3, 0.4) is 0 Å². The summed E-state index contributed by atoms with van der Waals surface area (Å²) in [6.07, 6.45) is 0. The van der Waals surface area contributed by atoms with E-state index >= 15 is 0 Å². The van der Waals surface area contributed by atoms with E-state index in [4.69, 9.17) is 5.41 Å². The van der Waals surface area contributed by atoms with Crippen molar-refractivity contribution >= 4 is 32.5 Å². The highest BCUT2D eigenvalue weighted by Crippen LogP contribution is 2.40. The van der Waals surface area contributed by atoms with Gasteiger partial charge in [0.2, 0.25) is 0 Å². The number of amidine groups is 1. The molecule has 2 heterocycles. The number of fused-ring (bicyclic) bond motifs is 1. The fraction of sp³-hybridized carbons (Fsp3) is 0.364. The van der Waals surface area contributed by atoms with Crippen molar-refractivity contribution in [2.75, 3.05) is 16.4 Å². The molecule has 0 bridgehead atoms. The lowest BCUT2D eigenvalue weighted by molar-refractivity contribution is 0.601. The van der Waals surface area contributed by atoms with E-state index in [1.807, 2.05) is 0 Å². The topological polar surface area (TPSA) is 61.2 Å². The first-order valence-corrected chi connectivity index (χ1v) is 8.17. The Hall–Kier alpha value is -1.08. The summed E-state index contributed by atoms with van der Waals surface area (Å²) >= 11 is 1.25. The Morgan fingerprint density at radius 1 is 1.39 bits per heavy atom. The van der Waals surface area contributed by atoms with Crippen LogP contribution in [0.2, 0.25) is 0 Å². The molecule has 3 rings (SSSR count). The predicted molar refractivity (Wildman–Crippen MR) is 70.4 cm³/mol. The molecule has 1 aromatic rings. The number of nitrogens with zero attached hydrogens (tertiary/aromatic N) is 1. The monoisotopic (exact) mass is 286 g/mol. The van der Waals surface area contributed by atoms with Crippen molar-refractivity contribution in [1.82, 2.24) is 0 Å². The molecule has 4 nitrogen and oxygen atoms in total. The summed E-state index contributed by atoms with van der Waals surface area (Å²) < 4.78 is 36.4. The average Bonchev–Trinajstić information content (AvgIpc) is 2.68. The Kier molecular flexibility index (Phi) is 2.63. The van der Waals surface area contributed by atoms with Gasteiger partial charge in [0, 0.05) is 10.9 Å². The van der Waals surface area contributed by atoms with Gasteiger partial charge in [0.1, 0.15) is 5.82 Å². The fourth-order valence-electron chi connectivity index (χ4n) is 2.44. The van der Waals surface area contributed by atoms with Crippen LogP contribution >= 0.6 is 11.8 Å². The van der Waals surface area contributed by atoms with Gasteiger partial charge in [0.05, 0.1) is 17.5 Å². The average molecular weight is 286 g/mol. The minimum absolute atomic E-state index is 0.0452.